The van der Waals surface area contributed by atoms with Gasteiger partial charge in [-0.2, -0.15) is 0 Å². The zero-order valence-electron chi connectivity index (χ0n) is 55.5. The van der Waals surface area contributed by atoms with Crippen molar-refractivity contribution < 1.29 is 119 Å². The Morgan fingerprint density at radius 2 is 0.915 bits per heavy atom. The zero-order valence-corrected chi connectivity index (χ0v) is 55.5. The third-order valence-electron chi connectivity index (χ3n) is 24.0. The molecule has 25 atom stereocenters. The normalized spacial score (nSPS) is 45.2. The minimum atomic E-state index is -2.40. The molecule has 25 nitrogen and oxygen atoms in total. The van der Waals surface area contributed by atoms with Gasteiger partial charge in [-0.25, -0.2) is 38.7 Å². The average Bonchev–Trinajstić information content (AvgIpc) is 1.52. The first-order valence-electron chi connectivity index (χ1n) is 34.2. The second-order valence-corrected chi connectivity index (χ2v) is 30.0. The van der Waals surface area contributed by atoms with Crippen molar-refractivity contribution in [2.45, 2.75) is 262 Å². The fourth-order valence-electron chi connectivity index (χ4n) is 18.2. The Hall–Kier alpha value is -4.84. The van der Waals surface area contributed by atoms with E-state index in [9.17, 15) is 33.2 Å². The van der Waals surface area contributed by atoms with Crippen molar-refractivity contribution >= 4 is 42.0 Å². The Bertz CT molecular complexity index is 3080. The maximum Gasteiger partial charge on any atom is 0.308 e. The van der Waals surface area contributed by atoms with E-state index in [1.807, 2.05) is 20.8 Å². The Labute approximate surface area is 546 Å². The number of aliphatic imine (C=N–C) groups is 1. The maximum absolute atomic E-state index is 14.3. The Kier molecular flexibility index (Phi) is 18.3. The van der Waals surface area contributed by atoms with Crippen LogP contribution >= 0.6 is 0 Å². The summed E-state index contributed by atoms with van der Waals surface area (Å²) in [4.78, 5) is 125. The molecule has 520 valence electrons. The molecule has 15 aliphatic rings. The topological polar surface area (TPSA) is 281 Å². The van der Waals surface area contributed by atoms with Crippen LogP contribution in [0.1, 0.15) is 190 Å². The number of rotatable bonds is 19. The maximum atomic E-state index is 14.3. The first-order chi connectivity index (χ1) is 44.6. The van der Waals surface area contributed by atoms with Gasteiger partial charge in [-0.05, 0) is 132 Å². The lowest BCUT2D eigenvalue weighted by atomic mass is 9.50. The third kappa shape index (κ3) is 12.0. The van der Waals surface area contributed by atoms with E-state index >= 15 is 0 Å². The molecule has 0 N–H and O–H groups in total. The smallest absolute Gasteiger partial charge is 0.308 e. The summed E-state index contributed by atoms with van der Waals surface area (Å²) in [5.41, 5.74) is -5.50. The number of fused-ring (bicyclic) bond motifs is 6. The van der Waals surface area contributed by atoms with Gasteiger partial charge >= 0.3 is 35.8 Å². The standard InChI is InChI=1S/C68H92FNO24/c1-36-11-17-47-39(4)55(82-58-66(47)44(36)26-30-62(8,86-58)89-92-66)79-51(73)21-19-49(71)77-34-65(70-33-42-13-15-43(69)16-14-42,85-54(76)24-23-52(74)80-56-40(5)48-18-12-37(2)45-27-31-63(9)87-59(83-56)67(45,48)93-90-63)35-78-50(72)20-22-53(75)81-57-41(6)61(7)29-25-38(3)46-28-32-64(10)88-60(84-57)68(46,61)94-91-64/h13-16,33,36-41,44-48,55-60H,11-12,17-32,34-35H2,1-10H3/t36-,37-,38-,39-,40-,41+,44+,45+,46+,47+,48+,55-,56-,57?,58-,59-,60-,61+,62+,63+,64+,65?,66-,67-,68+/m1/s1. The van der Waals surface area contributed by atoms with Crippen molar-refractivity contribution in [1.29, 1.82) is 0 Å². The highest BCUT2D eigenvalue weighted by atomic mass is 19.1. The Morgan fingerprint density at radius 3 is 1.43 bits per heavy atom. The van der Waals surface area contributed by atoms with E-state index < -0.39 is 182 Å². The summed E-state index contributed by atoms with van der Waals surface area (Å²) in [6.07, 6.45) is 1.16. The molecule has 15 fully saturated rings. The van der Waals surface area contributed by atoms with Crippen molar-refractivity contribution in [3.05, 3.63) is 35.6 Å². The summed E-state index contributed by atoms with van der Waals surface area (Å²) in [5, 5.41) is 0. The molecule has 0 amide bonds. The molecule has 6 bridgehead atoms. The van der Waals surface area contributed by atoms with E-state index in [0.717, 1.165) is 63.5 Å². The molecule has 94 heavy (non-hydrogen) atoms. The van der Waals surface area contributed by atoms with Gasteiger partial charge in [-0.15, -0.1) is 0 Å². The fraction of sp³-hybridized carbons (Fsp3) is 0.809. The molecule has 12 saturated heterocycles. The summed E-state index contributed by atoms with van der Waals surface area (Å²) in [5.74, 6) is -9.54. The highest BCUT2D eigenvalue weighted by Crippen LogP contribution is 2.67. The average molecular weight is 1330 g/mol. The lowest BCUT2D eigenvalue weighted by molar-refractivity contribution is -0.586. The van der Waals surface area contributed by atoms with E-state index in [1.54, 1.807) is 20.8 Å². The molecule has 1 aromatic carbocycles. The van der Waals surface area contributed by atoms with E-state index in [4.69, 9.17) is 86.2 Å². The third-order valence-corrected chi connectivity index (χ3v) is 24.0. The Balaban J connectivity index is 0.685. The van der Waals surface area contributed by atoms with Crippen LogP contribution in [0.4, 0.5) is 4.39 Å². The van der Waals surface area contributed by atoms with Gasteiger partial charge in [-0.3, -0.25) is 28.8 Å². The molecule has 12 aliphatic heterocycles. The number of hydrogen-bond donors (Lipinski definition) is 0. The van der Waals surface area contributed by atoms with Gasteiger partial charge in [0.15, 0.2) is 48.9 Å². The summed E-state index contributed by atoms with van der Waals surface area (Å²) in [6, 6.07) is 5.08. The molecule has 3 spiro atoms. The molecule has 3 aliphatic carbocycles. The van der Waals surface area contributed by atoms with Crippen LogP contribution < -0.4 is 0 Å². The van der Waals surface area contributed by atoms with Crippen LogP contribution in [0.5, 0.6) is 0 Å². The lowest BCUT2D eigenvalue weighted by Gasteiger charge is -2.65. The summed E-state index contributed by atoms with van der Waals surface area (Å²) in [7, 11) is 0. The van der Waals surface area contributed by atoms with Crippen LogP contribution in [0.15, 0.2) is 29.3 Å². The van der Waals surface area contributed by atoms with E-state index in [-0.39, 0.29) is 47.3 Å². The minimum Gasteiger partial charge on any atom is -0.459 e. The lowest BCUT2D eigenvalue weighted by Crippen LogP contribution is -2.74. The van der Waals surface area contributed by atoms with Crippen LogP contribution in [0.3, 0.4) is 0 Å². The zero-order chi connectivity index (χ0) is 66.5. The van der Waals surface area contributed by atoms with Gasteiger partial charge in [-0.1, -0.05) is 60.6 Å². The minimum absolute atomic E-state index is 0.0445. The van der Waals surface area contributed by atoms with Crippen LogP contribution in [0.25, 0.3) is 0 Å². The summed E-state index contributed by atoms with van der Waals surface area (Å²) >= 11 is 0. The number of carbonyl (C=O) groups is 6. The molecule has 2 unspecified atom stereocenters. The molecule has 0 radical (unpaired) electrons. The molecule has 3 saturated carbocycles. The van der Waals surface area contributed by atoms with Gasteiger partial charge in [0.2, 0.25) is 36.2 Å². The van der Waals surface area contributed by atoms with Gasteiger partial charge < -0.3 is 56.8 Å². The summed E-state index contributed by atoms with van der Waals surface area (Å²) < 4.78 is 88.3. The molecule has 26 heteroatoms. The van der Waals surface area contributed by atoms with Gasteiger partial charge in [0.25, 0.3) is 5.72 Å². The number of benzene rings is 1. The van der Waals surface area contributed by atoms with Crippen molar-refractivity contribution in [2.24, 2.45) is 75.5 Å². The molecule has 0 aromatic heterocycles. The number of hydrogen-bond acceptors (Lipinski definition) is 25. The Morgan fingerprint density at radius 1 is 0.489 bits per heavy atom. The highest BCUT2D eigenvalue weighted by molar-refractivity contribution is 5.82. The number of esters is 6. The van der Waals surface area contributed by atoms with E-state index in [1.165, 1.54) is 18.3 Å². The van der Waals surface area contributed by atoms with E-state index in [2.05, 4.69) is 32.7 Å². The monoisotopic (exact) mass is 1330 g/mol. The number of halogens is 1. The summed E-state index contributed by atoms with van der Waals surface area (Å²) in [6.45, 7) is 18.0. The van der Waals surface area contributed by atoms with Crippen molar-refractivity contribution in [2.75, 3.05) is 13.2 Å². The predicted molar refractivity (Wildman–Crippen MR) is 316 cm³/mol. The van der Waals surface area contributed by atoms with Crippen LogP contribution in [0, 0.1) is 76.3 Å². The molecule has 1 aromatic rings. The SMILES string of the molecule is C[C@H]1[C@H](OC(=O)CCC(=O)OCC(COC(=O)CCC(=O)OC2O[C@@H]3O[C@]4(C)CC[C@H]5[C@H](C)CC[C@@](C)([C@H]2C)[C@@]35OO4)(N=Cc2ccc(F)cc2)OC(=O)CCC(=O)O[C@@H]2O[C@@H]3O[C@]4(C)CC[C@H]5[C@H](C)CC[C@@H]([C@H]2C)[C@@]35OO4)O[C@@H]2O[C@]3(C)CC[C@H]4[C@H](C)CC[C@@H]1[C@@]24OO3. The number of nitrogens with zero attached hydrogens (tertiary/aromatic N) is 1. The van der Waals surface area contributed by atoms with E-state index in [0.29, 0.717) is 43.1 Å². The van der Waals surface area contributed by atoms with Crippen LogP contribution in [-0.4, -0.2) is 133 Å². The predicted octanol–water partition coefficient (Wildman–Crippen LogP) is 9.55. The number of ether oxygens (including phenoxy) is 12. The molecular formula is C68H92FNO24. The van der Waals surface area contributed by atoms with Gasteiger partial charge in [0, 0.05) is 60.5 Å². The molecular weight excluding hydrogens is 1230 g/mol. The first-order valence-corrected chi connectivity index (χ1v) is 34.2. The second kappa shape index (κ2) is 25.5. The van der Waals surface area contributed by atoms with Crippen molar-refractivity contribution in [1.82, 2.24) is 0 Å². The first kappa shape index (κ1) is 67.7. The van der Waals surface area contributed by atoms with Gasteiger partial charge in [0.05, 0.1) is 38.5 Å². The highest BCUT2D eigenvalue weighted by Gasteiger charge is 2.76. The van der Waals surface area contributed by atoms with Crippen LogP contribution in [-0.2, 0) is 115 Å². The molecule has 12 heterocycles. The largest absolute Gasteiger partial charge is 0.459 e. The van der Waals surface area contributed by atoms with Gasteiger partial charge in [0.1, 0.15) is 5.82 Å². The second-order valence-electron chi connectivity index (χ2n) is 30.0. The fourth-order valence-corrected chi connectivity index (χ4v) is 18.2. The quantitative estimate of drug-likeness (QED) is 0.0539. The molecule has 16 rings (SSSR count). The van der Waals surface area contributed by atoms with Crippen LogP contribution in [0.2, 0.25) is 0 Å². The number of carbonyl (C=O) groups excluding carboxylic acids is 6. The van der Waals surface area contributed by atoms with Crippen molar-refractivity contribution in [3.8, 4) is 0 Å². The van der Waals surface area contributed by atoms with Crippen molar-refractivity contribution in [3.63, 3.8) is 0 Å².